The van der Waals surface area contributed by atoms with Gasteiger partial charge in [-0.1, -0.05) is 25.0 Å². The number of benzene rings is 1. The van der Waals surface area contributed by atoms with Crippen molar-refractivity contribution in [1.82, 2.24) is 19.6 Å². The summed E-state index contributed by atoms with van der Waals surface area (Å²) in [6.07, 6.45) is 6.15. The number of rotatable bonds is 3. The van der Waals surface area contributed by atoms with Crippen LogP contribution < -0.4 is 0 Å². The lowest BCUT2D eigenvalue weighted by Crippen LogP contribution is -2.52. The standard InChI is InChI=1S/C23H31FN4O/c1-16-11-12-25-28(16)17(2)23(29)27-13-6-4-5-10-21-22(27)20(15-26(21)3)18-8-7-9-19(24)14-18/h7-9,11-12,14,17,20-22H,4-6,10,13,15H2,1-3H3/t17-,20-,21+,22-/m0/s1. The van der Waals surface area contributed by atoms with E-state index in [0.717, 1.165) is 43.6 Å². The molecular weight excluding hydrogens is 367 g/mol. The van der Waals surface area contributed by atoms with Crippen molar-refractivity contribution < 1.29 is 9.18 Å². The summed E-state index contributed by atoms with van der Waals surface area (Å²) in [7, 11) is 2.14. The Balaban J connectivity index is 1.70. The van der Waals surface area contributed by atoms with Crippen LogP contribution in [0.15, 0.2) is 36.5 Å². The molecule has 156 valence electrons. The van der Waals surface area contributed by atoms with Gasteiger partial charge >= 0.3 is 0 Å². The summed E-state index contributed by atoms with van der Waals surface area (Å²) in [5.74, 6) is 0.0249. The quantitative estimate of drug-likeness (QED) is 0.791. The van der Waals surface area contributed by atoms with Crippen molar-refractivity contribution in [3.8, 4) is 0 Å². The van der Waals surface area contributed by atoms with Gasteiger partial charge in [0.25, 0.3) is 0 Å². The normalized spacial score (nSPS) is 26.6. The van der Waals surface area contributed by atoms with Gasteiger partial charge in [0, 0.05) is 36.9 Å². The van der Waals surface area contributed by atoms with Gasteiger partial charge < -0.3 is 9.80 Å². The molecule has 0 bridgehead atoms. The van der Waals surface area contributed by atoms with E-state index in [1.54, 1.807) is 18.3 Å². The highest BCUT2D eigenvalue weighted by Gasteiger charge is 2.46. The average Bonchev–Trinajstić information content (AvgIpc) is 3.24. The Bertz CT molecular complexity index is 866. The van der Waals surface area contributed by atoms with Gasteiger partial charge in [-0.2, -0.15) is 5.10 Å². The minimum atomic E-state index is -0.343. The lowest BCUT2D eigenvalue weighted by atomic mass is 9.86. The van der Waals surface area contributed by atoms with E-state index in [1.807, 2.05) is 30.7 Å². The predicted molar refractivity (Wildman–Crippen MR) is 111 cm³/mol. The molecule has 0 N–H and O–H groups in total. The molecule has 2 aromatic rings. The molecule has 1 aromatic carbocycles. The number of aryl methyl sites for hydroxylation is 1. The fraction of sp³-hybridized carbons (Fsp3) is 0.565. The molecule has 2 aliphatic heterocycles. The Hall–Kier alpha value is -2.21. The van der Waals surface area contributed by atoms with Gasteiger partial charge in [0.05, 0.1) is 6.04 Å². The molecule has 2 fully saturated rings. The van der Waals surface area contributed by atoms with Gasteiger partial charge in [-0.15, -0.1) is 0 Å². The van der Waals surface area contributed by atoms with Crippen molar-refractivity contribution >= 4 is 5.91 Å². The second-order valence-electron chi connectivity index (χ2n) is 8.63. The monoisotopic (exact) mass is 398 g/mol. The van der Waals surface area contributed by atoms with Crippen molar-refractivity contribution in [2.24, 2.45) is 0 Å². The molecule has 0 unspecified atom stereocenters. The van der Waals surface area contributed by atoms with Crippen molar-refractivity contribution in [3.05, 3.63) is 53.6 Å². The minimum Gasteiger partial charge on any atom is -0.336 e. The number of hydrogen-bond acceptors (Lipinski definition) is 3. The molecule has 0 spiro atoms. The maximum Gasteiger partial charge on any atom is 0.247 e. The van der Waals surface area contributed by atoms with Crippen molar-refractivity contribution in [2.75, 3.05) is 20.1 Å². The van der Waals surface area contributed by atoms with Crippen LogP contribution in [0.1, 0.15) is 55.8 Å². The molecule has 4 atom stereocenters. The van der Waals surface area contributed by atoms with Gasteiger partial charge in [-0.25, -0.2) is 4.39 Å². The lowest BCUT2D eigenvalue weighted by molar-refractivity contribution is -0.138. The Morgan fingerprint density at radius 3 is 2.79 bits per heavy atom. The number of carbonyl (C=O) groups excluding carboxylic acids is 1. The first kappa shape index (κ1) is 20.1. The minimum absolute atomic E-state index is 0.0629. The first-order valence-electron chi connectivity index (χ1n) is 10.7. The number of likely N-dealkylation sites (N-methyl/N-ethyl adjacent to an activating group) is 1. The molecule has 6 heteroatoms. The van der Waals surface area contributed by atoms with Gasteiger partial charge in [0.15, 0.2) is 0 Å². The second kappa shape index (κ2) is 8.27. The fourth-order valence-electron chi connectivity index (χ4n) is 5.29. The highest BCUT2D eigenvalue weighted by Crippen LogP contribution is 2.39. The maximum atomic E-state index is 14.0. The molecule has 2 saturated heterocycles. The summed E-state index contributed by atoms with van der Waals surface area (Å²) in [6, 6.07) is 8.87. The van der Waals surface area contributed by atoms with Crippen LogP contribution >= 0.6 is 0 Å². The number of carbonyl (C=O) groups is 1. The summed E-state index contributed by atoms with van der Waals surface area (Å²) in [6.45, 7) is 5.51. The summed E-state index contributed by atoms with van der Waals surface area (Å²) in [4.78, 5) is 18.1. The third-order valence-electron chi connectivity index (χ3n) is 6.77. The summed E-state index contributed by atoms with van der Waals surface area (Å²) < 4.78 is 15.8. The number of fused-ring (bicyclic) bond motifs is 1. The zero-order chi connectivity index (χ0) is 20.5. The summed E-state index contributed by atoms with van der Waals surface area (Å²) in [5, 5.41) is 4.37. The van der Waals surface area contributed by atoms with Crippen LogP contribution in [0.2, 0.25) is 0 Å². The van der Waals surface area contributed by atoms with Crippen molar-refractivity contribution in [1.29, 1.82) is 0 Å². The summed E-state index contributed by atoms with van der Waals surface area (Å²) >= 11 is 0. The van der Waals surface area contributed by atoms with E-state index in [1.165, 1.54) is 12.5 Å². The third-order valence-corrected chi connectivity index (χ3v) is 6.77. The van der Waals surface area contributed by atoms with Gasteiger partial charge in [-0.05, 0) is 57.5 Å². The van der Waals surface area contributed by atoms with Crippen LogP contribution in [0.25, 0.3) is 0 Å². The van der Waals surface area contributed by atoms with E-state index in [9.17, 15) is 9.18 Å². The zero-order valence-corrected chi connectivity index (χ0v) is 17.6. The molecule has 1 amide bonds. The number of aromatic nitrogens is 2. The number of hydrogen-bond donors (Lipinski definition) is 0. The predicted octanol–water partition coefficient (Wildman–Crippen LogP) is 3.76. The summed E-state index contributed by atoms with van der Waals surface area (Å²) in [5.41, 5.74) is 1.98. The average molecular weight is 399 g/mol. The van der Waals surface area contributed by atoms with Crippen molar-refractivity contribution in [2.45, 2.75) is 63.6 Å². The largest absolute Gasteiger partial charge is 0.336 e. The molecule has 4 rings (SSSR count). The van der Waals surface area contributed by atoms with Gasteiger partial charge in [0.1, 0.15) is 11.9 Å². The fourth-order valence-corrected chi connectivity index (χ4v) is 5.29. The first-order valence-corrected chi connectivity index (χ1v) is 10.7. The molecule has 1 aromatic heterocycles. The Kier molecular flexibility index (Phi) is 5.72. The van der Waals surface area contributed by atoms with E-state index in [2.05, 4.69) is 21.9 Å². The maximum absolute atomic E-state index is 14.0. The molecule has 2 aliphatic rings. The molecule has 0 radical (unpaired) electrons. The van der Waals surface area contributed by atoms with E-state index >= 15 is 0 Å². The van der Waals surface area contributed by atoms with E-state index < -0.39 is 0 Å². The topological polar surface area (TPSA) is 41.4 Å². The van der Waals surface area contributed by atoms with Crippen LogP contribution in [-0.4, -0.2) is 57.7 Å². The van der Waals surface area contributed by atoms with E-state index in [0.29, 0.717) is 6.04 Å². The first-order chi connectivity index (χ1) is 14.0. The Labute approximate surface area is 172 Å². The molecular formula is C23H31FN4O. The smallest absolute Gasteiger partial charge is 0.247 e. The van der Waals surface area contributed by atoms with Crippen LogP contribution in [-0.2, 0) is 4.79 Å². The van der Waals surface area contributed by atoms with Gasteiger partial charge in [0.2, 0.25) is 5.91 Å². The Morgan fingerprint density at radius 2 is 2.07 bits per heavy atom. The third kappa shape index (κ3) is 3.82. The zero-order valence-electron chi connectivity index (χ0n) is 17.6. The number of halogens is 1. The molecule has 0 aliphatic carbocycles. The number of likely N-dealkylation sites (tertiary alicyclic amines) is 2. The highest BCUT2D eigenvalue weighted by molar-refractivity contribution is 5.80. The van der Waals surface area contributed by atoms with Crippen LogP contribution in [0.3, 0.4) is 0 Å². The number of nitrogens with zero attached hydrogens (tertiary/aromatic N) is 4. The molecule has 3 heterocycles. The van der Waals surface area contributed by atoms with E-state index in [4.69, 9.17) is 0 Å². The SMILES string of the molecule is Cc1ccnn1[C@@H](C)C(=O)N1CCCCC[C@@H]2[C@@H]1[C@H](c1cccc(F)c1)CN2C. The lowest BCUT2D eigenvalue weighted by Gasteiger charge is -2.40. The highest BCUT2D eigenvalue weighted by atomic mass is 19.1. The van der Waals surface area contributed by atoms with Crippen LogP contribution in [0, 0.1) is 12.7 Å². The second-order valence-corrected chi connectivity index (χ2v) is 8.63. The molecule has 5 nitrogen and oxygen atoms in total. The van der Waals surface area contributed by atoms with E-state index in [-0.39, 0.29) is 29.7 Å². The molecule has 29 heavy (non-hydrogen) atoms. The van der Waals surface area contributed by atoms with Crippen LogP contribution in [0.5, 0.6) is 0 Å². The van der Waals surface area contributed by atoms with Crippen LogP contribution in [0.4, 0.5) is 4.39 Å². The number of amides is 1. The Morgan fingerprint density at radius 1 is 1.24 bits per heavy atom. The van der Waals surface area contributed by atoms with Crippen molar-refractivity contribution in [3.63, 3.8) is 0 Å². The molecule has 0 saturated carbocycles. The van der Waals surface area contributed by atoms with Gasteiger partial charge in [-0.3, -0.25) is 9.48 Å².